The van der Waals surface area contributed by atoms with Crippen molar-refractivity contribution in [3.63, 3.8) is 0 Å². The molecule has 0 spiro atoms. The third-order valence-electron chi connectivity index (χ3n) is 4.81. The van der Waals surface area contributed by atoms with Gasteiger partial charge in [-0.1, -0.05) is 37.0 Å². The Hall–Kier alpha value is -2.08. The number of aromatic nitrogens is 4. The van der Waals surface area contributed by atoms with Crippen molar-refractivity contribution < 1.29 is 24.5 Å². The SMILES string of the molecule is Cc1nc2c(-c3nccn3-c3c(C)cc([Si](C)(C)C)cc3C)[c-]cnc2o1.[Ir]. The normalized spacial score (nSPS) is 11.6. The van der Waals surface area contributed by atoms with Crippen molar-refractivity contribution in [2.75, 3.05) is 0 Å². The molecule has 7 heteroatoms. The average molecular weight is 568 g/mol. The zero-order valence-electron chi connectivity index (χ0n) is 16.9. The van der Waals surface area contributed by atoms with Gasteiger partial charge in [0.15, 0.2) is 11.6 Å². The summed E-state index contributed by atoms with van der Waals surface area (Å²) < 4.78 is 7.70. The molecule has 3 heterocycles. The van der Waals surface area contributed by atoms with Crippen molar-refractivity contribution in [1.82, 2.24) is 19.5 Å². The van der Waals surface area contributed by atoms with E-state index in [2.05, 4.69) is 71.2 Å². The number of rotatable bonds is 3. The summed E-state index contributed by atoms with van der Waals surface area (Å²) in [5, 5.41) is 1.47. The van der Waals surface area contributed by atoms with E-state index in [-0.39, 0.29) is 20.1 Å². The number of oxazole rings is 1. The van der Waals surface area contributed by atoms with Crippen LogP contribution in [0.4, 0.5) is 0 Å². The van der Waals surface area contributed by atoms with E-state index in [4.69, 9.17) is 4.42 Å². The van der Waals surface area contributed by atoms with Gasteiger partial charge in [-0.2, -0.15) is 6.07 Å². The Labute approximate surface area is 179 Å². The van der Waals surface area contributed by atoms with Gasteiger partial charge in [-0.15, -0.1) is 5.56 Å². The van der Waals surface area contributed by atoms with E-state index in [0.29, 0.717) is 17.1 Å². The van der Waals surface area contributed by atoms with Gasteiger partial charge in [-0.05, 0) is 31.2 Å². The molecule has 4 aromatic rings. The zero-order valence-corrected chi connectivity index (χ0v) is 20.3. The fraction of sp³-hybridized carbons (Fsp3) is 0.286. The molecule has 1 radical (unpaired) electrons. The van der Waals surface area contributed by atoms with Crippen LogP contribution in [0.1, 0.15) is 17.0 Å². The topological polar surface area (TPSA) is 56.7 Å². The van der Waals surface area contributed by atoms with E-state index in [1.165, 1.54) is 16.3 Å². The standard InChI is InChI=1S/C21H23N4OSi.Ir/c1-13-11-16(27(4,5)6)12-14(2)19(13)25-10-9-22-20(25)17-7-8-23-21-18(17)24-15(3)26-21;/h8-12H,1-6H3;/q-1;. The molecule has 0 aliphatic rings. The Balaban J connectivity index is 0.00000225. The van der Waals surface area contributed by atoms with E-state index < -0.39 is 8.07 Å². The Morgan fingerprint density at radius 3 is 2.36 bits per heavy atom. The van der Waals surface area contributed by atoms with Gasteiger partial charge in [0, 0.05) is 56.5 Å². The summed E-state index contributed by atoms with van der Waals surface area (Å²) in [6.07, 6.45) is 5.43. The monoisotopic (exact) mass is 568 g/mol. The van der Waals surface area contributed by atoms with Crippen molar-refractivity contribution in [2.24, 2.45) is 0 Å². The molecule has 0 aliphatic carbocycles. The van der Waals surface area contributed by atoms with Crippen molar-refractivity contribution in [3.05, 3.63) is 53.8 Å². The maximum absolute atomic E-state index is 5.58. The van der Waals surface area contributed by atoms with E-state index >= 15 is 0 Å². The van der Waals surface area contributed by atoms with Gasteiger partial charge in [0.2, 0.25) is 0 Å². The van der Waals surface area contributed by atoms with Crippen molar-refractivity contribution in [1.29, 1.82) is 0 Å². The molecule has 0 N–H and O–H groups in total. The summed E-state index contributed by atoms with van der Waals surface area (Å²) in [5.41, 5.74) is 5.65. The average Bonchev–Trinajstić information content (AvgIpc) is 3.18. The Bertz CT molecular complexity index is 1130. The Kier molecular flexibility index (Phi) is 5.45. The second-order valence-electron chi connectivity index (χ2n) is 7.99. The second-order valence-corrected chi connectivity index (χ2v) is 13.1. The fourth-order valence-corrected chi connectivity index (χ4v) is 4.80. The first kappa shape index (κ1) is 20.6. The molecular weight excluding hydrogens is 545 g/mol. The molecule has 4 rings (SSSR count). The zero-order chi connectivity index (χ0) is 19.3. The predicted octanol–water partition coefficient (Wildman–Crippen LogP) is 4.34. The molecule has 0 aliphatic heterocycles. The molecule has 0 fully saturated rings. The van der Waals surface area contributed by atoms with Crippen LogP contribution >= 0.6 is 0 Å². The molecule has 0 saturated carbocycles. The Morgan fingerprint density at radius 1 is 1.04 bits per heavy atom. The van der Waals surface area contributed by atoms with Crippen LogP contribution in [0.25, 0.3) is 28.3 Å². The predicted molar refractivity (Wildman–Crippen MR) is 110 cm³/mol. The number of fused-ring (bicyclic) bond motifs is 1. The maximum Gasteiger partial charge on any atom is 0.188 e. The molecule has 0 atom stereocenters. The molecule has 28 heavy (non-hydrogen) atoms. The number of imidazole rings is 1. The van der Waals surface area contributed by atoms with Crippen LogP contribution in [-0.4, -0.2) is 27.6 Å². The van der Waals surface area contributed by atoms with Gasteiger partial charge in [0.1, 0.15) is 0 Å². The first-order valence-corrected chi connectivity index (χ1v) is 12.6. The number of hydrogen-bond donors (Lipinski definition) is 0. The quantitative estimate of drug-likeness (QED) is 0.273. The summed E-state index contributed by atoms with van der Waals surface area (Å²) in [7, 11) is -1.38. The minimum Gasteiger partial charge on any atom is -0.436 e. The third-order valence-corrected chi connectivity index (χ3v) is 6.83. The summed E-state index contributed by atoms with van der Waals surface area (Å²) in [4.78, 5) is 13.3. The molecular formula is C21H23IrN4OSi-. The second kappa shape index (κ2) is 7.39. The van der Waals surface area contributed by atoms with Gasteiger partial charge >= 0.3 is 0 Å². The summed E-state index contributed by atoms with van der Waals surface area (Å²) in [6, 6.07) is 7.85. The number of benzene rings is 1. The van der Waals surface area contributed by atoms with Crippen molar-refractivity contribution in [2.45, 2.75) is 40.4 Å². The maximum atomic E-state index is 5.58. The van der Waals surface area contributed by atoms with Crippen LogP contribution in [0.15, 0.2) is 35.1 Å². The summed E-state index contributed by atoms with van der Waals surface area (Å²) in [5.74, 6) is 1.38. The molecule has 0 amide bonds. The molecule has 0 unspecified atom stereocenters. The number of hydrogen-bond acceptors (Lipinski definition) is 4. The molecule has 147 valence electrons. The largest absolute Gasteiger partial charge is 0.436 e. The first-order valence-electron chi connectivity index (χ1n) is 9.05. The van der Waals surface area contributed by atoms with Gasteiger partial charge in [-0.25, -0.2) is 4.98 Å². The Morgan fingerprint density at radius 2 is 1.71 bits per heavy atom. The smallest absolute Gasteiger partial charge is 0.188 e. The van der Waals surface area contributed by atoms with Gasteiger partial charge in [0.05, 0.1) is 8.07 Å². The molecule has 0 saturated heterocycles. The van der Waals surface area contributed by atoms with Crippen molar-refractivity contribution in [3.8, 4) is 17.1 Å². The number of aryl methyl sites for hydroxylation is 3. The van der Waals surface area contributed by atoms with Gasteiger partial charge in [0.25, 0.3) is 0 Å². The van der Waals surface area contributed by atoms with Crippen LogP contribution in [-0.2, 0) is 20.1 Å². The van der Waals surface area contributed by atoms with Crippen LogP contribution in [0.3, 0.4) is 0 Å². The number of nitrogens with zero attached hydrogens (tertiary/aromatic N) is 4. The van der Waals surface area contributed by atoms with E-state index in [1.807, 2.05) is 19.3 Å². The fourth-order valence-electron chi connectivity index (χ4n) is 3.50. The van der Waals surface area contributed by atoms with Crippen molar-refractivity contribution >= 4 is 24.5 Å². The van der Waals surface area contributed by atoms with Crippen LogP contribution in [0, 0.1) is 26.8 Å². The van der Waals surface area contributed by atoms with Gasteiger partial charge in [-0.3, -0.25) is 4.98 Å². The summed E-state index contributed by atoms with van der Waals surface area (Å²) >= 11 is 0. The summed E-state index contributed by atoms with van der Waals surface area (Å²) in [6.45, 7) is 13.3. The van der Waals surface area contributed by atoms with Gasteiger partial charge < -0.3 is 14.0 Å². The minimum atomic E-state index is -1.38. The molecule has 5 nitrogen and oxygen atoms in total. The van der Waals surface area contributed by atoms with Crippen LogP contribution in [0.2, 0.25) is 19.6 Å². The van der Waals surface area contributed by atoms with E-state index in [1.54, 1.807) is 6.20 Å². The van der Waals surface area contributed by atoms with E-state index in [0.717, 1.165) is 17.1 Å². The van der Waals surface area contributed by atoms with Crippen LogP contribution in [0.5, 0.6) is 0 Å². The van der Waals surface area contributed by atoms with E-state index in [9.17, 15) is 0 Å². The number of pyridine rings is 1. The molecule has 1 aromatic carbocycles. The third kappa shape index (κ3) is 3.50. The molecule has 3 aromatic heterocycles. The van der Waals surface area contributed by atoms with Crippen LogP contribution < -0.4 is 5.19 Å². The minimum absolute atomic E-state index is 0. The molecule has 0 bridgehead atoms. The first-order chi connectivity index (χ1) is 12.8.